The summed E-state index contributed by atoms with van der Waals surface area (Å²) in [5.41, 5.74) is 1.85. The van der Waals surface area contributed by atoms with Crippen LogP contribution in [-0.4, -0.2) is 49.4 Å². The fourth-order valence-corrected chi connectivity index (χ4v) is 2.97. The molecule has 7 nitrogen and oxygen atoms in total. The van der Waals surface area contributed by atoms with E-state index in [1.165, 1.54) is 11.8 Å². The Hall–Kier alpha value is -3.35. The van der Waals surface area contributed by atoms with Gasteiger partial charge >= 0.3 is 6.03 Å². The summed E-state index contributed by atoms with van der Waals surface area (Å²) in [5, 5.41) is 2.75. The van der Waals surface area contributed by atoms with Crippen LogP contribution < -0.4 is 15.0 Å². The van der Waals surface area contributed by atoms with E-state index < -0.39 is 0 Å². The summed E-state index contributed by atoms with van der Waals surface area (Å²) < 4.78 is 5.31. The van der Waals surface area contributed by atoms with Gasteiger partial charge in [-0.25, -0.2) is 4.79 Å². The molecular formula is C20H21N3O4. The van der Waals surface area contributed by atoms with Crippen molar-refractivity contribution >= 4 is 29.1 Å². The first kappa shape index (κ1) is 18.4. The Morgan fingerprint density at radius 2 is 1.78 bits per heavy atom. The van der Waals surface area contributed by atoms with E-state index in [-0.39, 0.29) is 24.3 Å². The van der Waals surface area contributed by atoms with Gasteiger partial charge < -0.3 is 15.0 Å². The van der Waals surface area contributed by atoms with Crippen LogP contribution in [0.3, 0.4) is 0 Å². The largest absolute Gasteiger partial charge is 0.495 e. The van der Waals surface area contributed by atoms with E-state index >= 15 is 0 Å². The van der Waals surface area contributed by atoms with Crippen molar-refractivity contribution in [1.29, 1.82) is 0 Å². The van der Waals surface area contributed by atoms with Crippen LogP contribution in [0.4, 0.5) is 16.2 Å². The molecule has 0 bridgehead atoms. The van der Waals surface area contributed by atoms with Crippen molar-refractivity contribution in [3.8, 4) is 5.75 Å². The van der Waals surface area contributed by atoms with Gasteiger partial charge in [-0.3, -0.25) is 14.5 Å². The normalized spacial score (nSPS) is 13.6. The molecule has 0 aromatic heterocycles. The predicted octanol–water partition coefficient (Wildman–Crippen LogP) is 2.78. The third-order valence-corrected chi connectivity index (χ3v) is 4.38. The standard InChI is InChI=1S/C20H21N3O4/c1-14(24)15-7-9-16(10-8-15)21-19(25)13-22-11-12-23(20(22)26)17-5-3-4-6-18(17)27-2/h3-10H,11-13H2,1-2H3,(H,21,25). The predicted molar refractivity (Wildman–Crippen MR) is 102 cm³/mol. The fraction of sp³-hybridized carbons (Fsp3) is 0.250. The van der Waals surface area contributed by atoms with E-state index in [9.17, 15) is 14.4 Å². The highest BCUT2D eigenvalue weighted by atomic mass is 16.5. The molecule has 2 aromatic carbocycles. The number of nitrogens with zero attached hydrogens (tertiary/aromatic N) is 2. The molecule has 1 aliphatic heterocycles. The first-order valence-electron chi connectivity index (χ1n) is 8.60. The molecule has 140 valence electrons. The summed E-state index contributed by atoms with van der Waals surface area (Å²) in [7, 11) is 1.56. The zero-order chi connectivity index (χ0) is 19.4. The molecule has 1 N–H and O–H groups in total. The Balaban J connectivity index is 1.62. The molecule has 0 atom stereocenters. The molecule has 0 aliphatic carbocycles. The number of ether oxygens (including phenoxy) is 1. The maximum Gasteiger partial charge on any atom is 0.325 e. The summed E-state index contributed by atoms with van der Waals surface area (Å²) >= 11 is 0. The molecular weight excluding hydrogens is 346 g/mol. The second-order valence-corrected chi connectivity index (χ2v) is 6.21. The van der Waals surface area contributed by atoms with Crippen LogP contribution in [0.25, 0.3) is 0 Å². The van der Waals surface area contributed by atoms with Gasteiger partial charge in [0.15, 0.2) is 5.78 Å². The molecule has 7 heteroatoms. The molecule has 0 saturated carbocycles. The smallest absolute Gasteiger partial charge is 0.325 e. The molecule has 2 aromatic rings. The summed E-state index contributed by atoms with van der Waals surface area (Å²) in [6.07, 6.45) is 0. The number of ketones is 1. The van der Waals surface area contributed by atoms with Gasteiger partial charge in [-0.2, -0.15) is 0 Å². The quantitative estimate of drug-likeness (QED) is 0.797. The number of Topliss-reactive ketones (excluding diaryl/α,β-unsaturated/α-hetero) is 1. The zero-order valence-corrected chi connectivity index (χ0v) is 15.3. The number of para-hydroxylation sites is 2. The number of carbonyl (C=O) groups is 3. The van der Waals surface area contributed by atoms with Gasteiger partial charge in [-0.15, -0.1) is 0 Å². The first-order valence-corrected chi connectivity index (χ1v) is 8.60. The number of nitrogens with one attached hydrogen (secondary N) is 1. The van der Waals surface area contributed by atoms with E-state index in [2.05, 4.69) is 5.32 Å². The molecule has 1 aliphatic rings. The average molecular weight is 367 g/mol. The van der Waals surface area contributed by atoms with Crippen LogP contribution in [0.15, 0.2) is 48.5 Å². The second-order valence-electron chi connectivity index (χ2n) is 6.21. The topological polar surface area (TPSA) is 79.0 Å². The lowest BCUT2D eigenvalue weighted by Crippen LogP contribution is -2.37. The summed E-state index contributed by atoms with van der Waals surface area (Å²) in [4.78, 5) is 39.3. The number of hydrogen-bond donors (Lipinski definition) is 1. The summed E-state index contributed by atoms with van der Waals surface area (Å²) in [6, 6.07) is 13.7. The molecule has 1 saturated heterocycles. The minimum absolute atomic E-state index is 0.0352. The number of carbonyl (C=O) groups excluding carboxylic acids is 3. The lowest BCUT2D eigenvalue weighted by atomic mass is 10.1. The Bertz CT molecular complexity index is 864. The van der Waals surface area contributed by atoms with E-state index in [4.69, 9.17) is 4.74 Å². The second kappa shape index (κ2) is 7.90. The Morgan fingerprint density at radius 1 is 1.07 bits per heavy atom. The molecule has 27 heavy (non-hydrogen) atoms. The van der Waals surface area contributed by atoms with Gasteiger partial charge in [0.25, 0.3) is 0 Å². The summed E-state index contributed by atoms with van der Waals surface area (Å²) in [6.45, 7) is 2.38. The van der Waals surface area contributed by atoms with Crippen molar-refractivity contribution < 1.29 is 19.1 Å². The molecule has 3 amide bonds. The van der Waals surface area contributed by atoms with Gasteiger partial charge in [0.05, 0.1) is 12.8 Å². The van der Waals surface area contributed by atoms with Crippen LogP contribution >= 0.6 is 0 Å². The number of rotatable bonds is 6. The Labute approximate surface area is 157 Å². The molecule has 3 rings (SSSR count). The number of methoxy groups -OCH3 is 1. The van der Waals surface area contributed by atoms with Crippen molar-refractivity contribution in [3.05, 3.63) is 54.1 Å². The zero-order valence-electron chi connectivity index (χ0n) is 15.3. The Kier molecular flexibility index (Phi) is 5.40. The highest BCUT2D eigenvalue weighted by Gasteiger charge is 2.32. The highest BCUT2D eigenvalue weighted by Crippen LogP contribution is 2.30. The van der Waals surface area contributed by atoms with E-state index in [1.807, 2.05) is 18.2 Å². The van der Waals surface area contributed by atoms with Crippen LogP contribution in [-0.2, 0) is 4.79 Å². The van der Waals surface area contributed by atoms with Crippen molar-refractivity contribution in [1.82, 2.24) is 4.90 Å². The number of amides is 3. The molecule has 1 fully saturated rings. The van der Waals surface area contributed by atoms with Crippen molar-refractivity contribution in [2.75, 3.05) is 37.0 Å². The van der Waals surface area contributed by atoms with Crippen LogP contribution in [0, 0.1) is 0 Å². The monoisotopic (exact) mass is 367 g/mol. The van der Waals surface area contributed by atoms with Crippen molar-refractivity contribution in [2.45, 2.75) is 6.92 Å². The average Bonchev–Trinajstić information content (AvgIpc) is 3.02. The number of benzene rings is 2. The number of hydrogen-bond acceptors (Lipinski definition) is 4. The lowest BCUT2D eigenvalue weighted by Gasteiger charge is -2.20. The first-order chi connectivity index (χ1) is 13.0. The van der Waals surface area contributed by atoms with Crippen LogP contribution in [0.1, 0.15) is 17.3 Å². The third-order valence-electron chi connectivity index (χ3n) is 4.38. The van der Waals surface area contributed by atoms with Crippen molar-refractivity contribution in [2.24, 2.45) is 0 Å². The highest BCUT2D eigenvalue weighted by molar-refractivity contribution is 6.00. The molecule has 1 heterocycles. The summed E-state index contributed by atoms with van der Waals surface area (Å²) in [5.74, 6) is 0.287. The minimum Gasteiger partial charge on any atom is -0.495 e. The SMILES string of the molecule is COc1ccccc1N1CCN(CC(=O)Nc2ccc(C(C)=O)cc2)C1=O. The van der Waals surface area contributed by atoms with Crippen LogP contribution in [0.2, 0.25) is 0 Å². The lowest BCUT2D eigenvalue weighted by molar-refractivity contribution is -0.116. The van der Waals surface area contributed by atoms with Gasteiger partial charge in [-0.05, 0) is 43.3 Å². The van der Waals surface area contributed by atoms with Crippen LogP contribution in [0.5, 0.6) is 5.75 Å². The van der Waals surface area contributed by atoms with Crippen molar-refractivity contribution in [3.63, 3.8) is 0 Å². The third kappa shape index (κ3) is 4.08. The Morgan fingerprint density at radius 3 is 2.44 bits per heavy atom. The number of anilines is 2. The van der Waals surface area contributed by atoms with Gasteiger partial charge in [0, 0.05) is 24.3 Å². The van der Waals surface area contributed by atoms with Gasteiger partial charge in [0.1, 0.15) is 12.3 Å². The van der Waals surface area contributed by atoms with Gasteiger partial charge in [-0.1, -0.05) is 12.1 Å². The molecule has 0 unspecified atom stereocenters. The molecule has 0 spiro atoms. The molecule has 0 radical (unpaired) electrons. The van der Waals surface area contributed by atoms with Gasteiger partial charge in [0.2, 0.25) is 5.91 Å². The van der Waals surface area contributed by atoms with E-state index in [0.29, 0.717) is 35.8 Å². The number of urea groups is 1. The van der Waals surface area contributed by atoms with E-state index in [1.54, 1.807) is 42.3 Å². The fourth-order valence-electron chi connectivity index (χ4n) is 2.97. The minimum atomic E-state index is -0.291. The maximum atomic E-state index is 12.7. The maximum absolute atomic E-state index is 12.7. The van der Waals surface area contributed by atoms with E-state index in [0.717, 1.165) is 0 Å².